The van der Waals surface area contributed by atoms with Crippen molar-refractivity contribution in [1.29, 1.82) is 0 Å². The lowest BCUT2D eigenvalue weighted by molar-refractivity contribution is 0.0740. The summed E-state index contributed by atoms with van der Waals surface area (Å²) in [7, 11) is 0. The summed E-state index contributed by atoms with van der Waals surface area (Å²) in [5.41, 5.74) is 3.19. The molecule has 0 saturated carbocycles. The van der Waals surface area contributed by atoms with Crippen LogP contribution in [0.4, 0.5) is 0 Å². The molecule has 1 aliphatic rings. The highest BCUT2D eigenvalue weighted by atomic mass is 35.5. The molecule has 1 amide bonds. The first kappa shape index (κ1) is 21.2. The monoisotopic (exact) mass is 439 g/mol. The maximum atomic E-state index is 13.3. The number of hydrogen-bond donors (Lipinski definition) is 2. The van der Waals surface area contributed by atoms with Crippen molar-refractivity contribution in [3.63, 3.8) is 0 Å². The number of aromatic hydroxyl groups is 1. The summed E-state index contributed by atoms with van der Waals surface area (Å²) in [6.45, 7) is 5.28. The number of carbonyl (C=O) groups excluding carboxylic acids is 1. The van der Waals surface area contributed by atoms with E-state index in [1.807, 2.05) is 36.1 Å². The second-order valence-electron chi connectivity index (χ2n) is 7.64. The van der Waals surface area contributed by atoms with Gasteiger partial charge in [0.05, 0.1) is 12.6 Å². The third-order valence-corrected chi connectivity index (χ3v) is 5.80. The first-order chi connectivity index (χ1) is 15.0. The van der Waals surface area contributed by atoms with Crippen LogP contribution in [0.2, 0.25) is 5.02 Å². The van der Waals surface area contributed by atoms with Crippen LogP contribution in [0.15, 0.2) is 42.5 Å². The molecule has 7 heteroatoms. The minimum atomic E-state index is -0.327. The van der Waals surface area contributed by atoms with Crippen molar-refractivity contribution in [3.05, 3.63) is 64.3 Å². The number of rotatable bonds is 8. The first-order valence-electron chi connectivity index (χ1n) is 10.7. The van der Waals surface area contributed by atoms with Gasteiger partial charge < -0.3 is 14.7 Å². The number of ether oxygens (including phenoxy) is 1. The summed E-state index contributed by atoms with van der Waals surface area (Å²) in [6.07, 6.45) is 3.03. The maximum absolute atomic E-state index is 13.3. The largest absolute Gasteiger partial charge is 0.507 e. The number of amides is 1. The minimum Gasteiger partial charge on any atom is -0.507 e. The fourth-order valence-corrected chi connectivity index (χ4v) is 4.32. The molecule has 0 spiro atoms. The van der Waals surface area contributed by atoms with Gasteiger partial charge in [0.15, 0.2) is 0 Å². The summed E-state index contributed by atoms with van der Waals surface area (Å²) in [6, 6.07) is 12.3. The Bertz CT molecular complexity index is 1100. The molecule has 1 atom stereocenters. The number of benzene rings is 2. The average Bonchev–Trinajstić information content (AvgIpc) is 3.30. The molecule has 2 heterocycles. The number of aromatic amines is 1. The van der Waals surface area contributed by atoms with Gasteiger partial charge in [0.2, 0.25) is 0 Å². The summed E-state index contributed by atoms with van der Waals surface area (Å²) >= 11 is 6.19. The van der Waals surface area contributed by atoms with Gasteiger partial charge in [0.1, 0.15) is 22.9 Å². The number of phenolic OH excluding ortho intramolecular Hbond substituents is 1. The second kappa shape index (κ2) is 9.02. The first-order valence-corrected chi connectivity index (χ1v) is 11.0. The maximum Gasteiger partial charge on any atom is 0.273 e. The van der Waals surface area contributed by atoms with Crippen molar-refractivity contribution < 1.29 is 14.6 Å². The Kier molecular flexibility index (Phi) is 6.18. The smallest absolute Gasteiger partial charge is 0.273 e. The van der Waals surface area contributed by atoms with Crippen molar-refractivity contribution in [2.24, 2.45) is 0 Å². The van der Waals surface area contributed by atoms with Gasteiger partial charge in [-0.15, -0.1) is 0 Å². The lowest BCUT2D eigenvalue weighted by Crippen LogP contribution is -2.30. The van der Waals surface area contributed by atoms with Crippen LogP contribution in [-0.2, 0) is 0 Å². The van der Waals surface area contributed by atoms with Crippen molar-refractivity contribution in [2.75, 3.05) is 13.2 Å². The zero-order valence-electron chi connectivity index (χ0n) is 17.7. The highest BCUT2D eigenvalue weighted by Crippen LogP contribution is 2.45. The van der Waals surface area contributed by atoms with Gasteiger partial charge >= 0.3 is 0 Å². The van der Waals surface area contributed by atoms with Crippen molar-refractivity contribution in [1.82, 2.24) is 15.1 Å². The summed E-state index contributed by atoms with van der Waals surface area (Å²) in [5, 5.41) is 18.3. The molecule has 3 aromatic rings. The molecule has 1 unspecified atom stereocenters. The molecule has 1 aliphatic heterocycles. The highest BCUT2D eigenvalue weighted by Gasteiger charge is 2.42. The molecule has 0 radical (unpaired) electrons. The topological polar surface area (TPSA) is 78.5 Å². The molecule has 162 valence electrons. The van der Waals surface area contributed by atoms with E-state index in [-0.39, 0.29) is 17.7 Å². The predicted octanol–water partition coefficient (Wildman–Crippen LogP) is 5.57. The van der Waals surface area contributed by atoms with Crippen LogP contribution in [0.3, 0.4) is 0 Å². The van der Waals surface area contributed by atoms with E-state index in [2.05, 4.69) is 17.1 Å². The lowest BCUT2D eigenvalue weighted by Gasteiger charge is -2.26. The number of nitrogens with zero attached hydrogens (tertiary/aromatic N) is 2. The number of H-pyrrole nitrogens is 1. The Labute approximate surface area is 186 Å². The van der Waals surface area contributed by atoms with E-state index < -0.39 is 0 Å². The van der Waals surface area contributed by atoms with E-state index in [4.69, 9.17) is 16.3 Å². The van der Waals surface area contributed by atoms with Crippen LogP contribution < -0.4 is 4.74 Å². The number of unbranched alkanes of at least 4 members (excludes halogenated alkanes) is 2. The van der Waals surface area contributed by atoms with Crippen LogP contribution in [0.1, 0.15) is 60.8 Å². The molecule has 2 aromatic carbocycles. The second-order valence-corrected chi connectivity index (χ2v) is 8.07. The van der Waals surface area contributed by atoms with Crippen LogP contribution >= 0.6 is 11.6 Å². The summed E-state index contributed by atoms with van der Waals surface area (Å²) < 4.78 is 5.70. The fourth-order valence-electron chi connectivity index (χ4n) is 4.15. The molecule has 31 heavy (non-hydrogen) atoms. The molecule has 4 rings (SSSR count). The van der Waals surface area contributed by atoms with Gasteiger partial charge in [-0.1, -0.05) is 43.5 Å². The van der Waals surface area contributed by atoms with E-state index in [0.717, 1.165) is 36.1 Å². The number of hydrogen-bond acceptors (Lipinski definition) is 4. The molecule has 0 aliphatic carbocycles. The molecule has 2 N–H and O–H groups in total. The zero-order valence-corrected chi connectivity index (χ0v) is 18.4. The van der Waals surface area contributed by atoms with Crippen LogP contribution in [0, 0.1) is 0 Å². The van der Waals surface area contributed by atoms with Gasteiger partial charge in [0.25, 0.3) is 5.91 Å². The number of nitrogens with one attached hydrogen (secondary N) is 1. The molecular weight excluding hydrogens is 414 g/mol. The highest BCUT2D eigenvalue weighted by molar-refractivity contribution is 6.31. The third kappa shape index (κ3) is 4.00. The van der Waals surface area contributed by atoms with Crippen molar-refractivity contribution >= 4 is 17.5 Å². The quantitative estimate of drug-likeness (QED) is 0.450. The summed E-state index contributed by atoms with van der Waals surface area (Å²) in [4.78, 5) is 15.2. The number of halogens is 1. The standard InChI is InChI=1S/C24H26ClN3O3/c1-3-5-6-12-28-23(15-8-7-9-17(13-15)31-4-2)20-21(26-27-22(20)24(28)30)18-14-16(25)10-11-19(18)29/h7-11,13-14,23,29H,3-6,12H2,1-2H3,(H,26,27). The fraction of sp³-hybridized carbons (Fsp3) is 0.333. The zero-order chi connectivity index (χ0) is 22.0. The number of carbonyl (C=O) groups is 1. The lowest BCUT2D eigenvalue weighted by atomic mass is 9.95. The molecule has 0 saturated heterocycles. The normalized spacial score (nSPS) is 15.4. The van der Waals surface area contributed by atoms with Crippen molar-refractivity contribution in [3.8, 4) is 22.8 Å². The third-order valence-electron chi connectivity index (χ3n) is 5.56. The molecule has 6 nitrogen and oxygen atoms in total. The predicted molar refractivity (Wildman–Crippen MR) is 121 cm³/mol. The van der Waals surface area contributed by atoms with Crippen molar-refractivity contribution in [2.45, 2.75) is 39.2 Å². The van der Waals surface area contributed by atoms with Crippen LogP contribution in [0.5, 0.6) is 11.5 Å². The van der Waals surface area contributed by atoms with Gasteiger partial charge in [-0.25, -0.2) is 0 Å². The molecule has 0 bridgehead atoms. The van der Waals surface area contributed by atoms with Gasteiger partial charge in [-0.3, -0.25) is 9.89 Å². The minimum absolute atomic E-state index is 0.0670. The molecule has 1 aromatic heterocycles. The van der Waals surface area contributed by atoms with E-state index in [1.54, 1.807) is 18.2 Å². The van der Waals surface area contributed by atoms with E-state index in [0.29, 0.717) is 35.1 Å². The number of aromatic nitrogens is 2. The average molecular weight is 440 g/mol. The number of phenols is 1. The van der Waals surface area contributed by atoms with Crippen LogP contribution in [-0.4, -0.2) is 39.3 Å². The molecule has 0 fully saturated rings. The Hall–Kier alpha value is -2.99. The SMILES string of the molecule is CCCCCN1C(=O)c2[nH]nc(-c3cc(Cl)ccc3O)c2C1c1cccc(OCC)c1. The van der Waals surface area contributed by atoms with Gasteiger partial charge in [-0.05, 0) is 49.2 Å². The summed E-state index contributed by atoms with van der Waals surface area (Å²) in [5.74, 6) is 0.737. The van der Waals surface area contributed by atoms with Crippen LogP contribution in [0.25, 0.3) is 11.3 Å². The Morgan fingerprint density at radius 3 is 2.81 bits per heavy atom. The van der Waals surface area contributed by atoms with Gasteiger partial charge in [0, 0.05) is 22.7 Å². The van der Waals surface area contributed by atoms with E-state index >= 15 is 0 Å². The Balaban J connectivity index is 1.85. The Morgan fingerprint density at radius 2 is 2.03 bits per heavy atom. The Morgan fingerprint density at radius 1 is 1.19 bits per heavy atom. The molecular formula is C24H26ClN3O3. The van der Waals surface area contributed by atoms with E-state index in [1.165, 1.54) is 0 Å². The van der Waals surface area contributed by atoms with Gasteiger partial charge in [-0.2, -0.15) is 5.10 Å². The number of fused-ring (bicyclic) bond motifs is 1. The van der Waals surface area contributed by atoms with E-state index in [9.17, 15) is 9.90 Å².